The molecule has 0 bridgehead atoms. The molecule has 0 aromatic carbocycles. The topological polar surface area (TPSA) is 52.6 Å². The fourth-order valence-corrected chi connectivity index (χ4v) is 0.952. The first-order chi connectivity index (χ1) is 5.97. The Morgan fingerprint density at radius 3 is 2.15 bits per heavy atom. The molecule has 0 rings (SSSR count). The molecule has 0 aliphatic heterocycles. The van der Waals surface area contributed by atoms with Gasteiger partial charge in [-0.1, -0.05) is 13.8 Å². The minimum atomic E-state index is -0.762. The van der Waals surface area contributed by atoms with E-state index in [1.165, 1.54) is 14.0 Å². The van der Waals surface area contributed by atoms with Crippen LogP contribution in [0.5, 0.6) is 0 Å². The maximum absolute atomic E-state index is 11.1. The summed E-state index contributed by atoms with van der Waals surface area (Å²) < 4.78 is 9.30. The molecule has 1 unspecified atom stereocenters. The highest BCUT2D eigenvalue weighted by Crippen LogP contribution is 2.09. The second-order valence-electron chi connectivity index (χ2n) is 3.25. The van der Waals surface area contributed by atoms with Gasteiger partial charge in [-0.2, -0.15) is 0 Å². The normalized spacial score (nSPS) is 12.4. The minimum Gasteiger partial charge on any atom is -0.466 e. The Balaban J connectivity index is 4.18. The van der Waals surface area contributed by atoms with Crippen LogP contribution in [-0.4, -0.2) is 25.2 Å². The van der Waals surface area contributed by atoms with Crippen LogP contribution in [0.1, 0.15) is 27.2 Å². The number of carbonyl (C=O) groups is 2. The third-order valence-electron chi connectivity index (χ3n) is 1.46. The summed E-state index contributed by atoms with van der Waals surface area (Å²) in [5, 5.41) is 0. The predicted octanol–water partition coefficient (Wildman–Crippen LogP) is 1.14. The molecule has 0 spiro atoms. The van der Waals surface area contributed by atoms with E-state index in [9.17, 15) is 9.59 Å². The molecule has 0 aliphatic rings. The molecular weight excluding hydrogens is 172 g/mol. The van der Waals surface area contributed by atoms with Crippen LogP contribution in [0.2, 0.25) is 0 Å². The fourth-order valence-electron chi connectivity index (χ4n) is 0.952. The largest absolute Gasteiger partial charge is 0.466 e. The highest BCUT2D eigenvalue weighted by molar-refractivity contribution is 5.78. The molecule has 0 aromatic rings. The highest BCUT2D eigenvalue weighted by Gasteiger charge is 2.23. The number of hydrogen-bond acceptors (Lipinski definition) is 4. The summed E-state index contributed by atoms with van der Waals surface area (Å²) in [7, 11) is 1.28. The summed E-state index contributed by atoms with van der Waals surface area (Å²) in [4.78, 5) is 21.7. The second-order valence-corrected chi connectivity index (χ2v) is 3.25. The van der Waals surface area contributed by atoms with Gasteiger partial charge in [0.25, 0.3) is 0 Å². The van der Waals surface area contributed by atoms with Gasteiger partial charge in [0.1, 0.15) is 0 Å². The van der Waals surface area contributed by atoms with Gasteiger partial charge in [0.05, 0.1) is 7.11 Å². The van der Waals surface area contributed by atoms with Crippen molar-refractivity contribution in [3.8, 4) is 0 Å². The molecule has 0 N–H and O–H groups in total. The Kier molecular flexibility index (Phi) is 5.11. The first-order valence-electron chi connectivity index (χ1n) is 4.22. The van der Waals surface area contributed by atoms with E-state index < -0.39 is 18.0 Å². The van der Waals surface area contributed by atoms with Gasteiger partial charge in [0.15, 0.2) is 6.10 Å². The Morgan fingerprint density at radius 2 is 1.85 bits per heavy atom. The standard InChI is InChI=1S/C9H16O4/c1-6(2)5-8(9(11)12-4)13-7(3)10/h6,8H,5H2,1-4H3. The maximum atomic E-state index is 11.1. The van der Waals surface area contributed by atoms with Gasteiger partial charge in [-0.3, -0.25) is 4.79 Å². The SMILES string of the molecule is COC(=O)C(CC(C)C)OC(C)=O. The Bertz CT molecular complexity index is 186. The molecule has 0 aliphatic carbocycles. The molecular formula is C9H16O4. The summed E-state index contributed by atoms with van der Waals surface area (Å²) in [6.07, 6.45) is -0.269. The third kappa shape index (κ3) is 5.22. The Labute approximate surface area is 78.2 Å². The lowest BCUT2D eigenvalue weighted by Crippen LogP contribution is -2.28. The lowest BCUT2D eigenvalue weighted by atomic mass is 10.1. The summed E-state index contributed by atoms with van der Waals surface area (Å²) in [6.45, 7) is 5.16. The van der Waals surface area contributed by atoms with Gasteiger partial charge in [0, 0.05) is 6.92 Å². The van der Waals surface area contributed by atoms with Crippen LogP contribution in [0.3, 0.4) is 0 Å². The minimum absolute atomic E-state index is 0.281. The third-order valence-corrected chi connectivity index (χ3v) is 1.46. The van der Waals surface area contributed by atoms with E-state index in [0.717, 1.165) is 0 Å². The number of methoxy groups -OCH3 is 1. The number of esters is 2. The summed E-state index contributed by atoms with van der Waals surface area (Å²) in [5.74, 6) is -0.677. The van der Waals surface area contributed by atoms with E-state index in [4.69, 9.17) is 4.74 Å². The Hall–Kier alpha value is -1.06. The molecule has 0 radical (unpaired) electrons. The molecule has 0 heterocycles. The quantitative estimate of drug-likeness (QED) is 0.621. The summed E-state index contributed by atoms with van der Waals surface area (Å²) in [6, 6.07) is 0. The summed E-state index contributed by atoms with van der Waals surface area (Å²) >= 11 is 0. The van der Waals surface area contributed by atoms with Crippen molar-refractivity contribution in [3.05, 3.63) is 0 Å². The van der Waals surface area contributed by atoms with Crippen LogP contribution in [-0.2, 0) is 19.1 Å². The monoisotopic (exact) mass is 188 g/mol. The van der Waals surface area contributed by atoms with E-state index in [1.54, 1.807) is 0 Å². The number of ether oxygens (including phenoxy) is 2. The van der Waals surface area contributed by atoms with E-state index >= 15 is 0 Å². The van der Waals surface area contributed by atoms with Crippen LogP contribution in [0.4, 0.5) is 0 Å². The van der Waals surface area contributed by atoms with Gasteiger partial charge in [-0.25, -0.2) is 4.79 Å². The van der Waals surface area contributed by atoms with Crippen molar-refractivity contribution in [3.63, 3.8) is 0 Å². The molecule has 0 saturated carbocycles. The second kappa shape index (κ2) is 5.56. The lowest BCUT2D eigenvalue weighted by molar-refractivity contribution is -0.165. The molecule has 4 heteroatoms. The van der Waals surface area contributed by atoms with Crippen LogP contribution in [0.25, 0.3) is 0 Å². The first-order valence-corrected chi connectivity index (χ1v) is 4.22. The van der Waals surface area contributed by atoms with E-state index in [2.05, 4.69) is 4.74 Å². The van der Waals surface area contributed by atoms with E-state index in [-0.39, 0.29) is 5.92 Å². The summed E-state index contributed by atoms with van der Waals surface area (Å²) in [5.41, 5.74) is 0. The fraction of sp³-hybridized carbons (Fsp3) is 0.778. The van der Waals surface area contributed by atoms with Crippen molar-refractivity contribution in [2.45, 2.75) is 33.3 Å². The van der Waals surface area contributed by atoms with Crippen LogP contribution in [0.15, 0.2) is 0 Å². The van der Waals surface area contributed by atoms with Gasteiger partial charge >= 0.3 is 11.9 Å². The zero-order chi connectivity index (χ0) is 10.4. The molecule has 76 valence electrons. The van der Waals surface area contributed by atoms with Crippen molar-refractivity contribution in [1.29, 1.82) is 0 Å². The van der Waals surface area contributed by atoms with Gasteiger partial charge < -0.3 is 9.47 Å². The van der Waals surface area contributed by atoms with Crippen LogP contribution in [0, 0.1) is 5.92 Å². The smallest absolute Gasteiger partial charge is 0.347 e. The predicted molar refractivity (Wildman–Crippen MR) is 47.0 cm³/mol. The molecule has 1 atom stereocenters. The van der Waals surface area contributed by atoms with Gasteiger partial charge in [0.2, 0.25) is 0 Å². The van der Waals surface area contributed by atoms with Gasteiger partial charge in [-0.15, -0.1) is 0 Å². The zero-order valence-corrected chi connectivity index (χ0v) is 8.49. The van der Waals surface area contributed by atoms with Crippen molar-refractivity contribution in [2.24, 2.45) is 5.92 Å². The van der Waals surface area contributed by atoms with Crippen molar-refractivity contribution in [2.75, 3.05) is 7.11 Å². The lowest BCUT2D eigenvalue weighted by Gasteiger charge is -2.16. The Morgan fingerprint density at radius 1 is 1.31 bits per heavy atom. The molecule has 4 nitrogen and oxygen atoms in total. The molecule has 13 heavy (non-hydrogen) atoms. The van der Waals surface area contributed by atoms with Crippen LogP contribution >= 0.6 is 0 Å². The highest BCUT2D eigenvalue weighted by atomic mass is 16.6. The van der Waals surface area contributed by atoms with Crippen molar-refractivity contribution >= 4 is 11.9 Å². The van der Waals surface area contributed by atoms with Gasteiger partial charge in [-0.05, 0) is 12.3 Å². The molecule has 0 amide bonds. The number of carbonyl (C=O) groups excluding carboxylic acids is 2. The maximum Gasteiger partial charge on any atom is 0.347 e. The number of rotatable bonds is 4. The first kappa shape index (κ1) is 11.9. The number of hydrogen-bond donors (Lipinski definition) is 0. The average molecular weight is 188 g/mol. The van der Waals surface area contributed by atoms with Crippen molar-refractivity contribution < 1.29 is 19.1 Å². The average Bonchev–Trinajstić information content (AvgIpc) is 2.00. The molecule has 0 aromatic heterocycles. The van der Waals surface area contributed by atoms with E-state index in [0.29, 0.717) is 6.42 Å². The molecule has 0 fully saturated rings. The van der Waals surface area contributed by atoms with Crippen LogP contribution < -0.4 is 0 Å². The zero-order valence-electron chi connectivity index (χ0n) is 8.49. The molecule has 0 saturated heterocycles. The van der Waals surface area contributed by atoms with Crippen molar-refractivity contribution in [1.82, 2.24) is 0 Å². The van der Waals surface area contributed by atoms with E-state index in [1.807, 2.05) is 13.8 Å².